The molecule has 3 heterocycles. The van der Waals surface area contributed by atoms with Crippen LogP contribution in [-0.4, -0.2) is 0 Å². The zero-order valence-corrected chi connectivity index (χ0v) is 33.0. The molecule has 3 aromatic heterocycles. The molecule has 57 heavy (non-hydrogen) atoms. The van der Waals surface area contributed by atoms with Crippen molar-refractivity contribution in [1.29, 1.82) is 0 Å². The van der Waals surface area contributed by atoms with E-state index in [4.69, 9.17) is 0 Å². The molecule has 0 aliphatic heterocycles. The minimum absolute atomic E-state index is 1.23. The Balaban J connectivity index is 0.984. The Morgan fingerprint density at radius 3 is 1.30 bits per heavy atom. The Bertz CT molecular complexity index is 3740. The van der Waals surface area contributed by atoms with E-state index in [-0.39, 0.29) is 0 Å². The maximum atomic E-state index is 2.44. The first-order chi connectivity index (χ1) is 28.2. The molecule has 13 aromatic rings. The largest absolute Gasteiger partial charge is 0.135 e. The molecule has 0 amide bonds. The molecule has 3 heteroatoms. The van der Waals surface area contributed by atoms with Crippen LogP contribution in [0.5, 0.6) is 0 Å². The van der Waals surface area contributed by atoms with Gasteiger partial charge in [0.2, 0.25) is 0 Å². The molecule has 0 fully saturated rings. The van der Waals surface area contributed by atoms with Gasteiger partial charge < -0.3 is 0 Å². The van der Waals surface area contributed by atoms with E-state index in [1.807, 2.05) is 34.0 Å². The maximum absolute atomic E-state index is 2.44. The molecule has 0 atom stereocenters. The molecule has 264 valence electrons. The standard InChI is InChI=1S/C54H30S3/c1-2-14-37-34(11-1)42(28-51-54(37)45-30-49-44(29-50(45)57-51)36-13-8-10-20-47(36)56-49)31-21-23-32(24-22-31)52-38-15-3-5-17-40(38)53(41-18-6-4-16-39(41)52)33-25-26-48-43(27-33)35-12-7-9-19-46(35)55-48/h1-30H. The van der Waals surface area contributed by atoms with Crippen LogP contribution >= 0.6 is 34.0 Å². The van der Waals surface area contributed by atoms with Crippen molar-refractivity contribution in [3.8, 4) is 33.4 Å². The fourth-order valence-corrected chi connectivity index (χ4v) is 12.9. The summed E-state index contributed by atoms with van der Waals surface area (Å²) in [6, 6.07) is 68.3. The van der Waals surface area contributed by atoms with E-state index in [2.05, 4.69) is 182 Å². The molecular weight excluding hydrogens is 745 g/mol. The quantitative estimate of drug-likeness (QED) is 0.157. The molecule has 0 aliphatic carbocycles. The minimum Gasteiger partial charge on any atom is -0.135 e. The Morgan fingerprint density at radius 2 is 0.649 bits per heavy atom. The number of rotatable bonds is 3. The van der Waals surface area contributed by atoms with Gasteiger partial charge in [-0.3, -0.25) is 0 Å². The lowest BCUT2D eigenvalue weighted by molar-refractivity contribution is 1.65. The van der Waals surface area contributed by atoms with E-state index < -0.39 is 0 Å². The van der Waals surface area contributed by atoms with Crippen LogP contribution in [0, 0.1) is 0 Å². The number of benzene rings is 10. The van der Waals surface area contributed by atoms with Gasteiger partial charge in [0.15, 0.2) is 0 Å². The van der Waals surface area contributed by atoms with Crippen molar-refractivity contribution < 1.29 is 0 Å². The van der Waals surface area contributed by atoms with E-state index in [0.717, 1.165) is 0 Å². The van der Waals surface area contributed by atoms with Crippen molar-refractivity contribution in [2.75, 3.05) is 0 Å². The number of hydrogen-bond acceptors (Lipinski definition) is 3. The van der Waals surface area contributed by atoms with Gasteiger partial charge in [0.1, 0.15) is 0 Å². The molecule has 0 saturated carbocycles. The highest BCUT2D eigenvalue weighted by atomic mass is 32.1. The van der Waals surface area contributed by atoms with Crippen LogP contribution < -0.4 is 0 Å². The van der Waals surface area contributed by atoms with Crippen molar-refractivity contribution in [2.24, 2.45) is 0 Å². The second-order valence-electron chi connectivity index (χ2n) is 15.1. The predicted molar refractivity (Wildman–Crippen MR) is 254 cm³/mol. The van der Waals surface area contributed by atoms with Gasteiger partial charge in [-0.05, 0) is 108 Å². The number of thiophene rings is 3. The summed E-state index contributed by atoms with van der Waals surface area (Å²) < 4.78 is 8.07. The molecule has 13 rings (SSSR count). The van der Waals surface area contributed by atoms with Crippen molar-refractivity contribution in [3.05, 3.63) is 182 Å². The summed E-state index contributed by atoms with van der Waals surface area (Å²) in [5, 5.41) is 15.8. The third-order valence-corrected chi connectivity index (χ3v) is 15.4. The highest BCUT2D eigenvalue weighted by Crippen LogP contribution is 2.48. The van der Waals surface area contributed by atoms with Crippen molar-refractivity contribution in [1.82, 2.24) is 0 Å². The molecule has 10 aromatic carbocycles. The van der Waals surface area contributed by atoms with E-state index >= 15 is 0 Å². The Kier molecular flexibility index (Phi) is 6.73. The van der Waals surface area contributed by atoms with Gasteiger partial charge in [-0.2, -0.15) is 0 Å². The third kappa shape index (κ3) is 4.65. The molecule has 0 spiro atoms. The van der Waals surface area contributed by atoms with Gasteiger partial charge in [-0.15, -0.1) is 34.0 Å². The lowest BCUT2D eigenvalue weighted by atomic mass is 9.85. The summed E-state index contributed by atoms with van der Waals surface area (Å²) in [4.78, 5) is 0. The lowest BCUT2D eigenvalue weighted by Gasteiger charge is -2.18. The van der Waals surface area contributed by atoms with Crippen molar-refractivity contribution in [2.45, 2.75) is 0 Å². The summed E-state index contributed by atoms with van der Waals surface area (Å²) in [6.07, 6.45) is 0. The van der Waals surface area contributed by atoms with Crippen LogP contribution in [0.3, 0.4) is 0 Å². The third-order valence-electron chi connectivity index (χ3n) is 12.1. The van der Waals surface area contributed by atoms with Gasteiger partial charge in [0.05, 0.1) is 0 Å². The molecule has 0 unspecified atom stereocenters. The Hall–Kier alpha value is -6.36. The van der Waals surface area contributed by atoms with Crippen LogP contribution in [0.4, 0.5) is 0 Å². The fraction of sp³-hybridized carbons (Fsp3) is 0. The second kappa shape index (κ2) is 12.1. The highest BCUT2D eigenvalue weighted by molar-refractivity contribution is 7.27. The SMILES string of the molecule is c1ccc2c(c1)sc1ccc(-c3c4ccccc4c(-c4ccc(-c5cc6sc7cc8c(cc7c6c6ccccc56)sc5ccccc58)cc4)c4ccccc34)cc12. The highest BCUT2D eigenvalue weighted by Gasteiger charge is 2.19. The number of hydrogen-bond donors (Lipinski definition) is 0. The van der Waals surface area contributed by atoms with Crippen molar-refractivity contribution >= 4 is 127 Å². The smallest absolute Gasteiger partial charge is 0.0368 e. The molecule has 0 nitrogen and oxygen atoms in total. The summed E-state index contributed by atoms with van der Waals surface area (Å²) in [7, 11) is 0. The Labute approximate surface area is 340 Å². The fourth-order valence-electron chi connectivity index (χ4n) is 9.55. The van der Waals surface area contributed by atoms with Crippen LogP contribution in [-0.2, 0) is 0 Å². The van der Waals surface area contributed by atoms with E-state index in [0.29, 0.717) is 0 Å². The first-order valence-corrected chi connectivity index (χ1v) is 21.9. The second-order valence-corrected chi connectivity index (χ2v) is 18.4. The van der Waals surface area contributed by atoms with Gasteiger partial charge in [-0.25, -0.2) is 0 Å². The Morgan fingerprint density at radius 1 is 0.228 bits per heavy atom. The monoisotopic (exact) mass is 774 g/mol. The zero-order chi connectivity index (χ0) is 37.2. The molecular formula is C54H30S3. The van der Waals surface area contributed by atoms with Gasteiger partial charge in [0.25, 0.3) is 0 Å². The van der Waals surface area contributed by atoms with Gasteiger partial charge in [-0.1, -0.05) is 140 Å². The van der Waals surface area contributed by atoms with Crippen LogP contribution in [0.25, 0.3) is 126 Å². The predicted octanol–water partition coefficient (Wildman–Crippen LogP) is 17.3. The van der Waals surface area contributed by atoms with Gasteiger partial charge in [0, 0.05) is 60.5 Å². The number of fused-ring (bicyclic) bond motifs is 13. The summed E-state index contributed by atoms with van der Waals surface area (Å²) >= 11 is 5.70. The maximum Gasteiger partial charge on any atom is 0.0368 e. The molecule has 0 aliphatic rings. The molecule has 0 bridgehead atoms. The summed E-state index contributed by atoms with van der Waals surface area (Å²) in [6.45, 7) is 0. The lowest BCUT2D eigenvalue weighted by Crippen LogP contribution is -1.91. The van der Waals surface area contributed by atoms with E-state index in [1.165, 1.54) is 126 Å². The van der Waals surface area contributed by atoms with Crippen LogP contribution in [0.1, 0.15) is 0 Å². The van der Waals surface area contributed by atoms with E-state index in [9.17, 15) is 0 Å². The molecule has 0 radical (unpaired) electrons. The summed E-state index contributed by atoms with van der Waals surface area (Å²) in [5.74, 6) is 0. The first-order valence-electron chi connectivity index (χ1n) is 19.4. The van der Waals surface area contributed by atoms with Crippen LogP contribution in [0.2, 0.25) is 0 Å². The normalized spacial score (nSPS) is 12.2. The minimum atomic E-state index is 1.23. The van der Waals surface area contributed by atoms with Crippen LogP contribution in [0.15, 0.2) is 182 Å². The van der Waals surface area contributed by atoms with Gasteiger partial charge >= 0.3 is 0 Å². The molecule has 0 N–H and O–H groups in total. The topological polar surface area (TPSA) is 0 Å². The average Bonchev–Trinajstić information content (AvgIpc) is 3.95. The first kappa shape index (κ1) is 31.8. The van der Waals surface area contributed by atoms with Crippen molar-refractivity contribution in [3.63, 3.8) is 0 Å². The summed E-state index contributed by atoms with van der Waals surface area (Å²) in [5.41, 5.74) is 7.60. The van der Waals surface area contributed by atoms with E-state index in [1.54, 1.807) is 0 Å². The molecule has 0 saturated heterocycles. The average molecular weight is 775 g/mol. The zero-order valence-electron chi connectivity index (χ0n) is 30.5.